The van der Waals surface area contributed by atoms with Gasteiger partial charge in [-0.1, -0.05) is 148 Å². The summed E-state index contributed by atoms with van der Waals surface area (Å²) in [6, 6.07) is 63.9. The van der Waals surface area contributed by atoms with Crippen molar-refractivity contribution in [3.8, 4) is 51.5 Å². The van der Waals surface area contributed by atoms with Gasteiger partial charge in [-0.2, -0.15) is 0 Å². The summed E-state index contributed by atoms with van der Waals surface area (Å²) in [7, 11) is -3.35. The third-order valence-corrected chi connectivity index (χ3v) is 21.1. The van der Waals surface area contributed by atoms with Gasteiger partial charge in [-0.25, -0.2) is 29.3 Å². The first-order valence-electron chi connectivity index (χ1n) is 34.5. The molecule has 106 heavy (non-hydrogen) atoms. The molecule has 2 unspecified atom stereocenters. The average Bonchev–Trinajstić information content (AvgIpc) is 1.34. The highest BCUT2D eigenvalue weighted by atomic mass is 32.2. The van der Waals surface area contributed by atoms with E-state index in [-0.39, 0.29) is 29.9 Å². The van der Waals surface area contributed by atoms with Crippen LogP contribution in [0.2, 0.25) is 0 Å². The highest BCUT2D eigenvalue weighted by molar-refractivity contribution is 7.99. The standard InChI is InChI=1S/C30H27NO5S.C29H25NO5S.C28H24N2O3/c1-5-20-12-15-26(35-17-19-10-13-21(14-11-19)37(3,4)34)27-23(30(32)33)16-24(31-28(20)27)29-18(2)22-8-6-7-9-25(22)36-29;1-4-19-11-14-25(34-16-18-9-12-20(13-10-18)36(3)33)26-22(29(31)32)15-23(30-27(19)26)28-17(2)21-7-5-6-8-24(21)35-28;1-3-19-13-14-24(33-16-18-9-5-4-6-10-18)25-21(28(31)32)15-23(30-27(19)25)26-17(2)20-11-7-8-12-22(20)29-26/h6-16H,3,5,17H2,1-2,4H3,(H,32,33);5-15H,4,16H2,1-3H3,(H,31,32);4-15,29H,3,16H2,1-2H3,(H,31,32). The number of nitrogens with zero attached hydrogens (tertiary/aromatic N) is 3. The van der Waals surface area contributed by atoms with E-state index in [9.17, 15) is 38.1 Å². The summed E-state index contributed by atoms with van der Waals surface area (Å²) >= 11 is 0. The number of carboxylic acids is 3. The SMILES string of the molecule is C=S(C)(=O)c1ccc(COc2ccc(CC)c3nc(-c4oc5ccccc5c4C)cc(C(=O)O)c23)cc1.CCc1ccc(OCc2ccc(S(C)=O)cc2)c2c(C(=O)O)cc(-c3oc4ccccc4c3C)nc12.CCc1ccc(OCc2ccccc2)c2c(C(=O)O)cc(-c3[nH]c4ccccc4c3C)nc12. The van der Waals surface area contributed by atoms with Crippen molar-refractivity contribution in [1.29, 1.82) is 0 Å². The number of H-pyrrole nitrogens is 1. The van der Waals surface area contributed by atoms with Gasteiger partial charge >= 0.3 is 17.9 Å². The number of aromatic amines is 1. The number of carboxylic acid groups (broad SMARTS) is 3. The lowest BCUT2D eigenvalue weighted by molar-refractivity contribution is 0.0688. The van der Waals surface area contributed by atoms with Crippen LogP contribution in [0.4, 0.5) is 0 Å². The Morgan fingerprint density at radius 1 is 0.472 bits per heavy atom. The maximum Gasteiger partial charge on any atom is 0.336 e. The van der Waals surface area contributed by atoms with E-state index in [1.807, 2.05) is 187 Å². The molecule has 534 valence electrons. The lowest BCUT2D eigenvalue weighted by Gasteiger charge is -2.15. The van der Waals surface area contributed by atoms with E-state index >= 15 is 0 Å². The Kier molecular flexibility index (Phi) is 20.9. The predicted molar refractivity (Wildman–Crippen MR) is 420 cm³/mol. The van der Waals surface area contributed by atoms with E-state index < -0.39 is 38.2 Å². The number of rotatable bonds is 20. The molecule has 0 aliphatic rings. The molecule has 15 aromatic rings. The fraction of sp³-hybridized carbons (Fsp3) is 0.161. The molecule has 0 radical (unpaired) electrons. The van der Waals surface area contributed by atoms with E-state index in [0.717, 1.165) is 99.9 Å². The normalized spacial score (nSPS) is 12.2. The topological polar surface area (TPSA) is 254 Å². The Balaban J connectivity index is 0.000000141. The first kappa shape index (κ1) is 72.2. The molecule has 4 N–H and O–H groups in total. The molecule has 6 heterocycles. The number of furan rings is 2. The van der Waals surface area contributed by atoms with Crippen LogP contribution in [-0.2, 0) is 59.4 Å². The second-order valence-electron chi connectivity index (χ2n) is 25.9. The molecule has 0 saturated heterocycles. The quantitative estimate of drug-likeness (QED) is 0.0517. The molecule has 9 aromatic carbocycles. The fourth-order valence-corrected chi connectivity index (χ4v) is 14.5. The van der Waals surface area contributed by atoms with Gasteiger partial charge in [0, 0.05) is 65.9 Å². The molecule has 0 spiro atoms. The number of aromatic carboxylic acids is 3. The third kappa shape index (κ3) is 14.7. The van der Waals surface area contributed by atoms with Crippen LogP contribution in [0.1, 0.15) is 102 Å². The number of hydrogen-bond acceptors (Lipinski definition) is 13. The number of fused-ring (bicyclic) bond motifs is 6. The van der Waals surface area contributed by atoms with Crippen molar-refractivity contribution < 1.29 is 61.2 Å². The summed E-state index contributed by atoms with van der Waals surface area (Å²) in [6.07, 6.45) is 5.32. The first-order chi connectivity index (χ1) is 51.1. The van der Waals surface area contributed by atoms with Crippen molar-refractivity contribution in [2.75, 3.05) is 12.5 Å². The molecular weight excluding hydrogens is 1370 g/mol. The number of pyridine rings is 3. The van der Waals surface area contributed by atoms with Gasteiger partial charge in [0.25, 0.3) is 0 Å². The van der Waals surface area contributed by atoms with Crippen molar-refractivity contribution in [3.05, 3.63) is 273 Å². The van der Waals surface area contributed by atoms with Crippen molar-refractivity contribution in [2.24, 2.45) is 0 Å². The zero-order valence-electron chi connectivity index (χ0n) is 59.7. The molecule has 15 rings (SSSR count). The van der Waals surface area contributed by atoms with E-state index in [4.69, 9.17) is 38.0 Å². The third-order valence-electron chi connectivity index (χ3n) is 18.9. The molecule has 19 heteroatoms. The first-order valence-corrected chi connectivity index (χ1v) is 38.2. The average molecular weight is 1450 g/mol. The fourth-order valence-electron chi connectivity index (χ4n) is 13.3. The molecule has 0 amide bonds. The summed E-state index contributed by atoms with van der Waals surface area (Å²) in [5.74, 6) is 3.09. The highest BCUT2D eigenvalue weighted by Crippen LogP contribution is 2.42. The number of hydrogen-bond donors (Lipinski definition) is 4. The molecule has 6 aromatic heterocycles. The van der Waals surface area contributed by atoms with Crippen LogP contribution in [0, 0.1) is 20.8 Å². The smallest absolute Gasteiger partial charge is 0.336 e. The van der Waals surface area contributed by atoms with Crippen molar-refractivity contribution in [2.45, 2.75) is 90.4 Å². The number of aromatic nitrogens is 4. The van der Waals surface area contributed by atoms with Gasteiger partial charge in [-0.05, 0) is 173 Å². The van der Waals surface area contributed by atoms with Crippen LogP contribution < -0.4 is 14.2 Å². The van der Waals surface area contributed by atoms with Crippen LogP contribution in [0.3, 0.4) is 0 Å². The number of carbonyl (C=O) groups is 3. The number of para-hydroxylation sites is 3. The highest BCUT2D eigenvalue weighted by Gasteiger charge is 2.26. The summed E-state index contributed by atoms with van der Waals surface area (Å²) < 4.78 is 54.4. The lowest BCUT2D eigenvalue weighted by Crippen LogP contribution is -2.05. The van der Waals surface area contributed by atoms with Crippen LogP contribution in [0.15, 0.2) is 225 Å². The number of benzene rings is 9. The van der Waals surface area contributed by atoms with Crippen molar-refractivity contribution in [3.63, 3.8) is 0 Å². The molecular formula is C87H76N4O13S2. The largest absolute Gasteiger partial charge is 0.488 e. The number of nitrogens with one attached hydrogen (secondary N) is 1. The second kappa shape index (κ2) is 30.6. The molecule has 0 fully saturated rings. The zero-order chi connectivity index (χ0) is 74.7. The van der Waals surface area contributed by atoms with Crippen LogP contribution in [-0.4, -0.2) is 80.0 Å². The Morgan fingerprint density at radius 2 is 0.840 bits per heavy atom. The zero-order valence-corrected chi connectivity index (χ0v) is 61.3. The second-order valence-corrected chi connectivity index (χ2v) is 29.7. The minimum atomic E-state index is -2.30. The Morgan fingerprint density at radius 3 is 1.23 bits per heavy atom. The maximum atomic E-state index is 12.5. The van der Waals surface area contributed by atoms with Gasteiger partial charge in [0.1, 0.15) is 59.6 Å². The Labute approximate surface area is 614 Å². The van der Waals surface area contributed by atoms with Crippen LogP contribution in [0.25, 0.3) is 99.8 Å². The Bertz CT molecular complexity index is 6060. The van der Waals surface area contributed by atoms with E-state index in [2.05, 4.69) is 16.9 Å². The number of aryl methyl sites for hydroxylation is 6. The van der Waals surface area contributed by atoms with Gasteiger partial charge in [0.05, 0.1) is 60.8 Å². The van der Waals surface area contributed by atoms with Gasteiger partial charge in [0.15, 0.2) is 11.5 Å². The van der Waals surface area contributed by atoms with E-state index in [0.29, 0.717) is 103 Å². The lowest BCUT2D eigenvalue weighted by atomic mass is 10.00. The summed E-state index contributed by atoms with van der Waals surface area (Å²) in [5.41, 5.74) is 15.5. The molecule has 17 nitrogen and oxygen atoms in total. The van der Waals surface area contributed by atoms with Crippen LogP contribution >= 0.6 is 0 Å². The molecule has 2 atom stereocenters. The van der Waals surface area contributed by atoms with Gasteiger partial charge in [-0.15, -0.1) is 0 Å². The maximum absolute atomic E-state index is 12.5. The minimum absolute atomic E-state index is 0.100. The summed E-state index contributed by atoms with van der Waals surface area (Å²) in [4.78, 5) is 56.9. The molecule has 0 aliphatic heterocycles. The van der Waals surface area contributed by atoms with Crippen LogP contribution in [0.5, 0.6) is 17.2 Å². The summed E-state index contributed by atoms with van der Waals surface area (Å²) in [5, 5.41) is 35.0. The summed E-state index contributed by atoms with van der Waals surface area (Å²) in [6.45, 7) is 12.8. The molecule has 0 aliphatic carbocycles. The van der Waals surface area contributed by atoms with Gasteiger partial charge < -0.3 is 43.3 Å². The van der Waals surface area contributed by atoms with Crippen molar-refractivity contribution in [1.82, 2.24) is 19.9 Å². The molecule has 0 saturated carbocycles. The molecule has 0 bridgehead atoms. The monoisotopic (exact) mass is 1450 g/mol. The van der Waals surface area contributed by atoms with Gasteiger partial charge in [0.2, 0.25) is 0 Å². The Hall–Kier alpha value is -12.2. The predicted octanol–water partition coefficient (Wildman–Crippen LogP) is 19.6. The van der Waals surface area contributed by atoms with Crippen molar-refractivity contribution >= 4 is 110 Å². The minimum Gasteiger partial charge on any atom is -0.488 e. The van der Waals surface area contributed by atoms with E-state index in [1.165, 1.54) is 0 Å². The van der Waals surface area contributed by atoms with E-state index in [1.54, 1.807) is 67.1 Å². The van der Waals surface area contributed by atoms with Gasteiger partial charge in [-0.3, -0.25) is 8.42 Å². The number of ether oxygens (including phenoxy) is 3.